The van der Waals surface area contributed by atoms with Crippen molar-refractivity contribution in [1.29, 1.82) is 0 Å². The standard InChI is InChI=1S/C16H22O9/c1-5-22-14(19)10(3)8-24-13(18)7-12(17)16(21)25-9-11(4)15(20)23-6-2/h8-9,12,17H,5-7H2,1-4H3. The minimum atomic E-state index is -1.80. The molecule has 0 aliphatic rings. The average molecular weight is 358 g/mol. The van der Waals surface area contributed by atoms with Gasteiger partial charge in [-0.15, -0.1) is 0 Å². The Morgan fingerprint density at radius 3 is 1.76 bits per heavy atom. The van der Waals surface area contributed by atoms with E-state index < -0.39 is 36.4 Å². The third kappa shape index (κ3) is 9.26. The number of aliphatic hydroxyl groups excluding tert-OH is 1. The van der Waals surface area contributed by atoms with Crippen LogP contribution in [0, 0.1) is 0 Å². The molecule has 0 aromatic heterocycles. The summed E-state index contributed by atoms with van der Waals surface area (Å²) in [4.78, 5) is 45.6. The summed E-state index contributed by atoms with van der Waals surface area (Å²) in [5.74, 6) is -3.44. The third-order valence-electron chi connectivity index (χ3n) is 2.55. The van der Waals surface area contributed by atoms with E-state index in [1.165, 1.54) is 13.8 Å². The minimum Gasteiger partial charge on any atom is -0.463 e. The van der Waals surface area contributed by atoms with E-state index in [9.17, 15) is 24.3 Å². The molecule has 1 unspecified atom stereocenters. The van der Waals surface area contributed by atoms with Gasteiger partial charge in [-0.2, -0.15) is 0 Å². The van der Waals surface area contributed by atoms with Crippen molar-refractivity contribution in [3.05, 3.63) is 23.7 Å². The van der Waals surface area contributed by atoms with Crippen molar-refractivity contribution in [2.24, 2.45) is 0 Å². The lowest BCUT2D eigenvalue weighted by Gasteiger charge is -2.08. The van der Waals surface area contributed by atoms with Gasteiger partial charge >= 0.3 is 23.9 Å². The summed E-state index contributed by atoms with van der Waals surface area (Å²) in [6, 6.07) is 0. The minimum absolute atomic E-state index is 0.0120. The molecule has 0 bridgehead atoms. The van der Waals surface area contributed by atoms with Gasteiger partial charge in [-0.1, -0.05) is 0 Å². The summed E-state index contributed by atoms with van der Waals surface area (Å²) in [6.07, 6.45) is -0.810. The zero-order chi connectivity index (χ0) is 19.4. The Hall–Kier alpha value is -2.68. The first-order valence-corrected chi connectivity index (χ1v) is 7.48. The van der Waals surface area contributed by atoms with E-state index in [0.717, 1.165) is 12.5 Å². The number of ether oxygens (including phenoxy) is 4. The Kier molecular flexibility index (Phi) is 10.5. The Morgan fingerprint density at radius 1 is 0.880 bits per heavy atom. The maximum Gasteiger partial charge on any atom is 0.340 e. The van der Waals surface area contributed by atoms with Crippen molar-refractivity contribution in [3.8, 4) is 0 Å². The Balaban J connectivity index is 4.45. The summed E-state index contributed by atoms with van der Waals surface area (Å²) in [5, 5.41) is 9.57. The molecule has 0 saturated carbocycles. The van der Waals surface area contributed by atoms with Crippen LogP contribution in [0.3, 0.4) is 0 Å². The summed E-state index contributed by atoms with van der Waals surface area (Å²) in [5.41, 5.74) is 0.0539. The van der Waals surface area contributed by atoms with Crippen LogP contribution >= 0.6 is 0 Å². The molecular formula is C16H22O9. The van der Waals surface area contributed by atoms with Crippen LogP contribution < -0.4 is 0 Å². The molecular weight excluding hydrogens is 336 g/mol. The summed E-state index contributed by atoms with van der Waals surface area (Å²) in [6.45, 7) is 6.29. The van der Waals surface area contributed by atoms with Gasteiger partial charge < -0.3 is 24.1 Å². The fourth-order valence-electron chi connectivity index (χ4n) is 1.25. The predicted octanol–water partition coefficient (Wildman–Crippen LogP) is 0.758. The highest BCUT2D eigenvalue weighted by molar-refractivity contribution is 5.89. The molecule has 0 saturated heterocycles. The maximum absolute atomic E-state index is 11.5. The molecule has 1 N–H and O–H groups in total. The molecule has 25 heavy (non-hydrogen) atoms. The number of carbonyl (C=O) groups is 4. The number of carbonyl (C=O) groups excluding carboxylic acids is 4. The number of hydrogen-bond donors (Lipinski definition) is 1. The molecule has 140 valence electrons. The average Bonchev–Trinajstić information content (AvgIpc) is 2.57. The number of esters is 4. The molecule has 1 atom stereocenters. The second kappa shape index (κ2) is 11.8. The Morgan fingerprint density at radius 2 is 1.32 bits per heavy atom. The summed E-state index contributed by atoms with van der Waals surface area (Å²) < 4.78 is 18.6. The van der Waals surface area contributed by atoms with E-state index in [1.54, 1.807) is 13.8 Å². The first kappa shape index (κ1) is 22.3. The SMILES string of the molecule is CCOC(=O)C(C)=COC(=O)CC(O)C(=O)OC=C(C)C(=O)OCC. The molecule has 0 radical (unpaired) electrons. The van der Waals surface area contributed by atoms with Gasteiger partial charge in [-0.25, -0.2) is 14.4 Å². The zero-order valence-corrected chi connectivity index (χ0v) is 14.6. The van der Waals surface area contributed by atoms with Crippen molar-refractivity contribution in [1.82, 2.24) is 0 Å². The van der Waals surface area contributed by atoms with Crippen molar-refractivity contribution in [2.45, 2.75) is 40.2 Å². The lowest BCUT2D eigenvalue weighted by molar-refractivity contribution is -0.154. The van der Waals surface area contributed by atoms with Crippen LogP contribution in [0.1, 0.15) is 34.1 Å². The normalized spacial score (nSPS) is 12.8. The smallest absolute Gasteiger partial charge is 0.340 e. The van der Waals surface area contributed by atoms with Gasteiger partial charge in [0.1, 0.15) is 12.5 Å². The van der Waals surface area contributed by atoms with Gasteiger partial charge in [-0.05, 0) is 27.7 Å². The second-order valence-electron chi connectivity index (χ2n) is 4.69. The fourth-order valence-corrected chi connectivity index (χ4v) is 1.25. The lowest BCUT2D eigenvalue weighted by Crippen LogP contribution is -2.25. The van der Waals surface area contributed by atoms with Crippen LogP contribution in [-0.2, 0) is 38.1 Å². The van der Waals surface area contributed by atoms with Crippen molar-refractivity contribution in [3.63, 3.8) is 0 Å². The van der Waals surface area contributed by atoms with E-state index >= 15 is 0 Å². The number of hydrogen-bond acceptors (Lipinski definition) is 9. The van der Waals surface area contributed by atoms with Crippen LogP contribution in [0.2, 0.25) is 0 Å². The first-order valence-electron chi connectivity index (χ1n) is 7.48. The largest absolute Gasteiger partial charge is 0.463 e. The predicted molar refractivity (Wildman–Crippen MR) is 83.6 cm³/mol. The van der Waals surface area contributed by atoms with E-state index in [4.69, 9.17) is 0 Å². The van der Waals surface area contributed by atoms with Crippen LogP contribution in [0.5, 0.6) is 0 Å². The molecule has 0 amide bonds. The van der Waals surface area contributed by atoms with Crippen LogP contribution in [-0.4, -0.2) is 48.3 Å². The highest BCUT2D eigenvalue weighted by Crippen LogP contribution is 2.04. The summed E-state index contributed by atoms with van der Waals surface area (Å²) in [7, 11) is 0. The lowest BCUT2D eigenvalue weighted by atomic mass is 10.2. The molecule has 0 heterocycles. The fraction of sp³-hybridized carbons (Fsp3) is 0.500. The molecule has 0 spiro atoms. The van der Waals surface area contributed by atoms with E-state index in [1.807, 2.05) is 0 Å². The quantitative estimate of drug-likeness (QED) is 0.275. The van der Waals surface area contributed by atoms with E-state index in [0.29, 0.717) is 0 Å². The molecule has 0 fully saturated rings. The topological polar surface area (TPSA) is 125 Å². The van der Waals surface area contributed by atoms with Gasteiger partial charge in [0.15, 0.2) is 6.10 Å². The van der Waals surface area contributed by atoms with Crippen LogP contribution in [0.25, 0.3) is 0 Å². The van der Waals surface area contributed by atoms with Crippen molar-refractivity contribution in [2.75, 3.05) is 13.2 Å². The zero-order valence-electron chi connectivity index (χ0n) is 14.6. The number of rotatable bonds is 9. The highest BCUT2D eigenvalue weighted by Gasteiger charge is 2.21. The van der Waals surface area contributed by atoms with Crippen LogP contribution in [0.15, 0.2) is 23.7 Å². The van der Waals surface area contributed by atoms with Gasteiger partial charge in [0, 0.05) is 0 Å². The van der Waals surface area contributed by atoms with Crippen molar-refractivity contribution < 1.29 is 43.2 Å². The second-order valence-corrected chi connectivity index (χ2v) is 4.69. The van der Waals surface area contributed by atoms with E-state index in [-0.39, 0.29) is 24.4 Å². The van der Waals surface area contributed by atoms with Gasteiger partial charge in [0.25, 0.3) is 0 Å². The molecule has 0 aromatic rings. The maximum atomic E-state index is 11.5. The molecule has 0 aromatic carbocycles. The van der Waals surface area contributed by atoms with E-state index in [2.05, 4.69) is 18.9 Å². The third-order valence-corrected chi connectivity index (χ3v) is 2.55. The van der Waals surface area contributed by atoms with Crippen LogP contribution in [0.4, 0.5) is 0 Å². The first-order chi connectivity index (χ1) is 11.7. The highest BCUT2D eigenvalue weighted by atomic mass is 16.6. The molecule has 0 rings (SSSR count). The van der Waals surface area contributed by atoms with Gasteiger partial charge in [-0.3, -0.25) is 4.79 Å². The Labute approximate surface area is 145 Å². The van der Waals surface area contributed by atoms with Crippen molar-refractivity contribution >= 4 is 23.9 Å². The molecule has 0 aliphatic heterocycles. The number of aliphatic hydroxyl groups is 1. The molecule has 0 aliphatic carbocycles. The monoisotopic (exact) mass is 358 g/mol. The molecule has 9 heteroatoms. The Bertz CT molecular complexity index is 560. The van der Waals surface area contributed by atoms with Gasteiger partial charge in [0.05, 0.1) is 30.8 Å². The van der Waals surface area contributed by atoms with Gasteiger partial charge in [0.2, 0.25) is 0 Å². The molecule has 9 nitrogen and oxygen atoms in total. The summed E-state index contributed by atoms with van der Waals surface area (Å²) >= 11 is 0.